The van der Waals surface area contributed by atoms with Crippen molar-refractivity contribution in [2.24, 2.45) is 0 Å². The summed E-state index contributed by atoms with van der Waals surface area (Å²) in [4.78, 5) is 30.4. The largest absolute Gasteiger partial charge is 0.340 e. The van der Waals surface area contributed by atoms with E-state index in [1.807, 2.05) is 0 Å². The highest BCUT2D eigenvalue weighted by atomic mass is 35.5. The molecule has 0 aliphatic rings. The highest BCUT2D eigenvalue weighted by Gasteiger charge is 2.15. The van der Waals surface area contributed by atoms with E-state index < -0.39 is 0 Å². The summed E-state index contributed by atoms with van der Waals surface area (Å²) in [6, 6.07) is 11.6. The second kappa shape index (κ2) is 8.45. The molecule has 0 saturated heterocycles. The van der Waals surface area contributed by atoms with Crippen LogP contribution < -0.4 is 5.32 Å². The molecule has 0 aliphatic heterocycles. The van der Waals surface area contributed by atoms with Gasteiger partial charge in [0.25, 0.3) is 11.8 Å². The van der Waals surface area contributed by atoms with Crippen molar-refractivity contribution in [1.82, 2.24) is 9.88 Å². The SMILES string of the molecule is CCCCN(C)C(=O)c1cccc(C(=O)Nc2ccc(Cl)cc2)n1. The van der Waals surface area contributed by atoms with Crippen molar-refractivity contribution in [3.8, 4) is 0 Å². The Morgan fingerprint density at radius 1 is 1.12 bits per heavy atom. The van der Waals surface area contributed by atoms with Crippen molar-refractivity contribution in [3.63, 3.8) is 0 Å². The number of unbranched alkanes of at least 4 members (excludes halogenated alkanes) is 1. The average molecular weight is 346 g/mol. The standard InChI is InChI=1S/C18H20ClN3O2/c1-3-4-12-22(2)18(24)16-7-5-6-15(21-16)17(23)20-14-10-8-13(19)9-11-14/h5-11H,3-4,12H2,1-2H3,(H,20,23). The molecule has 6 heteroatoms. The normalized spacial score (nSPS) is 10.3. The molecule has 0 bridgehead atoms. The molecule has 5 nitrogen and oxygen atoms in total. The molecule has 1 heterocycles. The number of aromatic nitrogens is 1. The van der Waals surface area contributed by atoms with Gasteiger partial charge in [0.05, 0.1) is 0 Å². The second-order valence-electron chi connectivity index (χ2n) is 5.45. The van der Waals surface area contributed by atoms with Gasteiger partial charge < -0.3 is 10.2 Å². The molecule has 2 aromatic rings. The number of pyridine rings is 1. The molecule has 0 saturated carbocycles. The van der Waals surface area contributed by atoms with E-state index in [0.29, 0.717) is 17.3 Å². The van der Waals surface area contributed by atoms with Crippen molar-refractivity contribution in [1.29, 1.82) is 0 Å². The first-order valence-corrected chi connectivity index (χ1v) is 8.18. The molecule has 0 unspecified atom stereocenters. The van der Waals surface area contributed by atoms with Gasteiger partial charge in [0.2, 0.25) is 0 Å². The van der Waals surface area contributed by atoms with Gasteiger partial charge in [-0.1, -0.05) is 31.0 Å². The van der Waals surface area contributed by atoms with Crippen LogP contribution in [0.15, 0.2) is 42.5 Å². The van der Waals surface area contributed by atoms with Crippen LogP contribution in [0, 0.1) is 0 Å². The summed E-state index contributed by atoms with van der Waals surface area (Å²) in [7, 11) is 1.74. The Bertz CT molecular complexity index is 716. The zero-order chi connectivity index (χ0) is 17.5. The third-order valence-corrected chi connectivity index (χ3v) is 3.75. The molecule has 0 fully saturated rings. The van der Waals surface area contributed by atoms with Crippen molar-refractivity contribution in [3.05, 3.63) is 58.9 Å². The predicted molar refractivity (Wildman–Crippen MR) is 95.5 cm³/mol. The third-order valence-electron chi connectivity index (χ3n) is 3.50. The van der Waals surface area contributed by atoms with Crippen molar-refractivity contribution >= 4 is 29.1 Å². The minimum absolute atomic E-state index is 0.190. The van der Waals surface area contributed by atoms with Gasteiger partial charge in [0.15, 0.2) is 0 Å². The average Bonchev–Trinajstić information content (AvgIpc) is 2.61. The van der Waals surface area contributed by atoms with Crippen LogP contribution in [0.25, 0.3) is 0 Å². The van der Waals surface area contributed by atoms with Gasteiger partial charge in [-0.3, -0.25) is 9.59 Å². The summed E-state index contributed by atoms with van der Waals surface area (Å²) in [6.45, 7) is 2.73. The third kappa shape index (κ3) is 4.80. The molecule has 2 amide bonds. The Hall–Kier alpha value is -2.40. The van der Waals surface area contributed by atoms with Crippen LogP contribution in [0.3, 0.4) is 0 Å². The number of benzene rings is 1. The number of carbonyl (C=O) groups excluding carboxylic acids is 2. The van der Waals surface area contributed by atoms with E-state index >= 15 is 0 Å². The number of carbonyl (C=O) groups is 2. The fraction of sp³-hybridized carbons (Fsp3) is 0.278. The predicted octanol–water partition coefficient (Wildman–Crippen LogP) is 3.86. The molecule has 1 aromatic carbocycles. The van der Waals surface area contributed by atoms with Crippen LogP contribution in [-0.2, 0) is 0 Å². The van der Waals surface area contributed by atoms with Crippen LogP contribution in [0.2, 0.25) is 5.02 Å². The lowest BCUT2D eigenvalue weighted by molar-refractivity contribution is 0.0787. The topological polar surface area (TPSA) is 62.3 Å². The van der Waals surface area contributed by atoms with Gasteiger partial charge in [-0.05, 0) is 42.8 Å². The van der Waals surface area contributed by atoms with Crippen molar-refractivity contribution in [2.75, 3.05) is 18.9 Å². The highest BCUT2D eigenvalue weighted by molar-refractivity contribution is 6.30. The summed E-state index contributed by atoms with van der Waals surface area (Å²) in [5.74, 6) is -0.562. The van der Waals surface area contributed by atoms with Crippen LogP contribution in [-0.4, -0.2) is 35.3 Å². The molecule has 1 N–H and O–H groups in total. The number of amides is 2. The van der Waals surface area contributed by atoms with Crippen LogP contribution in [0.1, 0.15) is 40.7 Å². The fourth-order valence-electron chi connectivity index (χ4n) is 2.10. The number of nitrogens with zero attached hydrogens (tertiary/aromatic N) is 2. The molecule has 2 rings (SSSR count). The number of nitrogens with one attached hydrogen (secondary N) is 1. The Labute approximate surface area is 146 Å². The fourth-order valence-corrected chi connectivity index (χ4v) is 2.23. The summed E-state index contributed by atoms with van der Waals surface area (Å²) in [6.07, 6.45) is 1.94. The molecule has 0 spiro atoms. The number of rotatable bonds is 6. The Kier molecular flexibility index (Phi) is 6.32. The van der Waals surface area contributed by atoms with E-state index in [1.54, 1.807) is 54.4 Å². The number of hydrogen-bond donors (Lipinski definition) is 1. The number of halogens is 1. The molecule has 0 aliphatic carbocycles. The van der Waals surface area contributed by atoms with E-state index in [4.69, 9.17) is 11.6 Å². The lowest BCUT2D eigenvalue weighted by atomic mass is 10.2. The summed E-state index contributed by atoms with van der Waals surface area (Å²) in [5.41, 5.74) is 1.07. The molecular weight excluding hydrogens is 326 g/mol. The maximum Gasteiger partial charge on any atom is 0.274 e. The quantitative estimate of drug-likeness (QED) is 0.864. The van der Waals surface area contributed by atoms with E-state index in [1.165, 1.54) is 0 Å². The van der Waals surface area contributed by atoms with Gasteiger partial charge in [0.1, 0.15) is 11.4 Å². The van der Waals surface area contributed by atoms with Crippen molar-refractivity contribution < 1.29 is 9.59 Å². The van der Waals surface area contributed by atoms with E-state index in [0.717, 1.165) is 12.8 Å². The molecule has 24 heavy (non-hydrogen) atoms. The summed E-state index contributed by atoms with van der Waals surface area (Å²) in [5, 5.41) is 3.32. The summed E-state index contributed by atoms with van der Waals surface area (Å²) >= 11 is 5.82. The second-order valence-corrected chi connectivity index (χ2v) is 5.89. The lowest BCUT2D eigenvalue weighted by Gasteiger charge is -2.16. The van der Waals surface area contributed by atoms with E-state index in [-0.39, 0.29) is 23.2 Å². The van der Waals surface area contributed by atoms with E-state index in [2.05, 4.69) is 17.2 Å². The zero-order valence-corrected chi connectivity index (χ0v) is 14.5. The molecule has 0 atom stereocenters. The Morgan fingerprint density at radius 2 is 1.79 bits per heavy atom. The number of hydrogen-bond acceptors (Lipinski definition) is 3. The number of anilines is 1. The monoisotopic (exact) mass is 345 g/mol. The molecule has 126 valence electrons. The van der Waals surface area contributed by atoms with Gasteiger partial charge in [-0.25, -0.2) is 4.98 Å². The van der Waals surface area contributed by atoms with Gasteiger partial charge >= 0.3 is 0 Å². The Morgan fingerprint density at radius 3 is 2.46 bits per heavy atom. The maximum atomic E-state index is 12.3. The molecule has 0 radical (unpaired) electrons. The minimum Gasteiger partial charge on any atom is -0.340 e. The van der Waals surface area contributed by atoms with Gasteiger partial charge in [-0.15, -0.1) is 0 Å². The summed E-state index contributed by atoms with van der Waals surface area (Å²) < 4.78 is 0. The van der Waals surface area contributed by atoms with E-state index in [9.17, 15) is 9.59 Å². The first kappa shape index (κ1) is 17.9. The lowest BCUT2D eigenvalue weighted by Crippen LogP contribution is -2.29. The van der Waals surface area contributed by atoms with Crippen LogP contribution in [0.4, 0.5) is 5.69 Å². The van der Waals surface area contributed by atoms with Crippen molar-refractivity contribution in [2.45, 2.75) is 19.8 Å². The maximum absolute atomic E-state index is 12.3. The smallest absolute Gasteiger partial charge is 0.274 e. The van der Waals surface area contributed by atoms with Gasteiger partial charge in [0, 0.05) is 24.3 Å². The molecule has 1 aromatic heterocycles. The first-order valence-electron chi connectivity index (χ1n) is 7.80. The van der Waals surface area contributed by atoms with Crippen LogP contribution in [0.5, 0.6) is 0 Å². The Balaban J connectivity index is 2.10. The van der Waals surface area contributed by atoms with Gasteiger partial charge in [-0.2, -0.15) is 0 Å². The molecular formula is C18H20ClN3O2. The highest BCUT2D eigenvalue weighted by Crippen LogP contribution is 2.14. The van der Waals surface area contributed by atoms with Crippen LogP contribution >= 0.6 is 11.6 Å². The zero-order valence-electron chi connectivity index (χ0n) is 13.8. The first-order chi connectivity index (χ1) is 11.5. The minimum atomic E-state index is -0.372.